The first-order valence-corrected chi connectivity index (χ1v) is 15.0. The van der Waals surface area contributed by atoms with Crippen molar-refractivity contribution in [1.82, 2.24) is 0 Å². The lowest BCUT2D eigenvalue weighted by molar-refractivity contribution is 0.610. The second kappa shape index (κ2) is 10.0. The molecule has 2 aliphatic rings. The van der Waals surface area contributed by atoms with Crippen LogP contribution >= 0.6 is 0 Å². The van der Waals surface area contributed by atoms with Crippen molar-refractivity contribution in [2.75, 3.05) is 4.90 Å². The third kappa shape index (κ3) is 4.23. The predicted octanol–water partition coefficient (Wildman–Crippen LogP) is 10.9. The average molecular weight is 544 g/mol. The van der Waals surface area contributed by atoms with E-state index in [2.05, 4.69) is 172 Å². The van der Waals surface area contributed by atoms with Gasteiger partial charge in [-0.3, -0.25) is 0 Å². The molecule has 0 bridgehead atoms. The van der Waals surface area contributed by atoms with Crippen LogP contribution in [0.1, 0.15) is 61.1 Å². The van der Waals surface area contributed by atoms with E-state index in [0.717, 1.165) is 6.42 Å². The molecule has 206 valence electrons. The fourth-order valence-corrected chi connectivity index (χ4v) is 7.18. The van der Waals surface area contributed by atoms with E-state index in [9.17, 15) is 0 Å². The van der Waals surface area contributed by atoms with Crippen LogP contribution in [0.15, 0.2) is 140 Å². The number of para-hydroxylation sites is 2. The zero-order valence-corrected chi connectivity index (χ0v) is 24.9. The standard InChI is InChI=1S/C25H21N.C16H16/c1-25(2)21-11-5-7-13-23(21)26(24-14-8-6-12-22(24)25)20-16-15-18-9-3-4-10-19(18)17-20;1-16(2)14-9-5-3-7-12(14)11-13-8-4-6-10-15(13)16/h3-17H,1-2H3;3-10H,11H2,1-2H3. The van der Waals surface area contributed by atoms with Gasteiger partial charge >= 0.3 is 0 Å². The summed E-state index contributed by atoms with van der Waals surface area (Å²) in [7, 11) is 0. The zero-order valence-electron chi connectivity index (χ0n) is 24.9. The van der Waals surface area contributed by atoms with Crippen LogP contribution in [0.5, 0.6) is 0 Å². The molecule has 6 aromatic rings. The summed E-state index contributed by atoms with van der Waals surface area (Å²) in [5.41, 5.74) is 12.5. The number of fused-ring (bicyclic) bond motifs is 5. The van der Waals surface area contributed by atoms with E-state index in [0.29, 0.717) is 0 Å². The number of nitrogens with zero attached hydrogens (tertiary/aromatic N) is 1. The molecule has 8 rings (SSSR count). The molecule has 0 saturated carbocycles. The van der Waals surface area contributed by atoms with Crippen LogP contribution in [0.2, 0.25) is 0 Å². The summed E-state index contributed by atoms with van der Waals surface area (Å²) in [6, 6.07) is 50.5. The molecule has 0 unspecified atom stereocenters. The lowest BCUT2D eigenvalue weighted by atomic mass is 9.69. The fraction of sp³-hybridized carbons (Fsp3) is 0.171. The molecule has 6 aromatic carbocycles. The maximum Gasteiger partial charge on any atom is 0.0502 e. The molecule has 0 radical (unpaired) electrons. The van der Waals surface area contributed by atoms with E-state index in [4.69, 9.17) is 0 Å². The molecule has 0 aromatic heterocycles. The second-order valence-electron chi connectivity index (χ2n) is 12.6. The van der Waals surface area contributed by atoms with Gasteiger partial charge in [0.2, 0.25) is 0 Å². The number of anilines is 3. The SMILES string of the molecule is CC1(C)c2ccccc2Cc2ccccc21.CC1(C)c2ccccc2N(c2ccc3ccccc3c2)c2ccccc21. The summed E-state index contributed by atoms with van der Waals surface area (Å²) in [4.78, 5) is 2.41. The van der Waals surface area contributed by atoms with Gasteiger partial charge in [-0.1, -0.05) is 143 Å². The van der Waals surface area contributed by atoms with Gasteiger partial charge in [-0.05, 0) is 74.8 Å². The van der Waals surface area contributed by atoms with Gasteiger partial charge in [0.1, 0.15) is 0 Å². The Morgan fingerprint density at radius 2 is 0.857 bits per heavy atom. The van der Waals surface area contributed by atoms with Gasteiger partial charge in [-0.25, -0.2) is 0 Å². The first-order chi connectivity index (χ1) is 20.4. The highest BCUT2D eigenvalue weighted by Gasteiger charge is 2.36. The van der Waals surface area contributed by atoms with Crippen molar-refractivity contribution >= 4 is 27.8 Å². The van der Waals surface area contributed by atoms with Crippen molar-refractivity contribution in [1.29, 1.82) is 0 Å². The molecule has 0 atom stereocenters. The number of hydrogen-bond donors (Lipinski definition) is 0. The smallest absolute Gasteiger partial charge is 0.0502 e. The first kappa shape index (κ1) is 26.3. The first-order valence-electron chi connectivity index (χ1n) is 15.0. The van der Waals surface area contributed by atoms with E-state index in [1.54, 1.807) is 0 Å². The molecular weight excluding hydrogens is 506 g/mol. The van der Waals surface area contributed by atoms with Gasteiger partial charge in [-0.2, -0.15) is 0 Å². The minimum Gasteiger partial charge on any atom is -0.310 e. The topological polar surface area (TPSA) is 3.24 Å². The van der Waals surface area contributed by atoms with Crippen LogP contribution in [0, 0.1) is 0 Å². The summed E-state index contributed by atoms with van der Waals surface area (Å²) < 4.78 is 0. The molecule has 0 saturated heterocycles. The molecule has 1 aliphatic heterocycles. The van der Waals surface area contributed by atoms with Gasteiger partial charge in [0.15, 0.2) is 0 Å². The highest BCUT2D eigenvalue weighted by Crippen LogP contribution is 2.51. The molecule has 0 N–H and O–H groups in total. The van der Waals surface area contributed by atoms with Gasteiger partial charge in [0.25, 0.3) is 0 Å². The maximum atomic E-state index is 2.41. The number of benzene rings is 6. The molecule has 0 amide bonds. The van der Waals surface area contributed by atoms with Crippen molar-refractivity contribution in [3.63, 3.8) is 0 Å². The van der Waals surface area contributed by atoms with Gasteiger partial charge in [0, 0.05) is 16.5 Å². The van der Waals surface area contributed by atoms with E-state index in [-0.39, 0.29) is 10.8 Å². The number of hydrogen-bond acceptors (Lipinski definition) is 1. The normalized spacial score (nSPS) is 15.4. The molecule has 0 spiro atoms. The van der Waals surface area contributed by atoms with Crippen molar-refractivity contribution in [3.05, 3.63) is 173 Å². The Balaban J connectivity index is 0.000000154. The van der Waals surface area contributed by atoms with E-state index in [1.807, 2.05) is 0 Å². The Hall–Kier alpha value is -4.62. The quantitative estimate of drug-likeness (QED) is 0.199. The summed E-state index contributed by atoms with van der Waals surface area (Å²) in [5, 5.41) is 2.54. The zero-order chi connectivity index (χ0) is 28.9. The molecule has 1 heterocycles. The van der Waals surface area contributed by atoms with E-state index in [1.165, 1.54) is 61.2 Å². The van der Waals surface area contributed by atoms with Crippen molar-refractivity contribution in [2.24, 2.45) is 0 Å². The van der Waals surface area contributed by atoms with E-state index >= 15 is 0 Å². The fourth-order valence-electron chi connectivity index (χ4n) is 7.18. The highest BCUT2D eigenvalue weighted by molar-refractivity contribution is 5.92. The Bertz CT molecular complexity index is 1830. The van der Waals surface area contributed by atoms with Crippen LogP contribution < -0.4 is 4.90 Å². The van der Waals surface area contributed by atoms with Crippen LogP contribution in [-0.2, 0) is 17.3 Å². The summed E-state index contributed by atoms with van der Waals surface area (Å²) in [6.07, 6.45) is 1.08. The van der Waals surface area contributed by atoms with Crippen LogP contribution in [-0.4, -0.2) is 0 Å². The van der Waals surface area contributed by atoms with Crippen molar-refractivity contribution < 1.29 is 0 Å². The number of rotatable bonds is 1. The Kier molecular flexibility index (Phi) is 6.28. The lowest BCUT2D eigenvalue weighted by Gasteiger charge is -2.42. The van der Waals surface area contributed by atoms with Crippen LogP contribution in [0.4, 0.5) is 17.1 Å². The van der Waals surface area contributed by atoms with Crippen LogP contribution in [0.25, 0.3) is 10.8 Å². The maximum absolute atomic E-state index is 2.41. The summed E-state index contributed by atoms with van der Waals surface area (Å²) in [5.74, 6) is 0. The van der Waals surface area contributed by atoms with Gasteiger partial charge in [0.05, 0.1) is 11.4 Å². The Morgan fingerprint density at radius 1 is 0.429 bits per heavy atom. The lowest BCUT2D eigenvalue weighted by Crippen LogP contribution is -2.30. The largest absolute Gasteiger partial charge is 0.310 e. The van der Waals surface area contributed by atoms with Crippen molar-refractivity contribution in [2.45, 2.75) is 44.9 Å². The third-order valence-corrected chi connectivity index (χ3v) is 9.39. The molecule has 1 aliphatic carbocycles. The van der Waals surface area contributed by atoms with Gasteiger partial charge in [-0.15, -0.1) is 0 Å². The Morgan fingerprint density at radius 3 is 1.43 bits per heavy atom. The molecule has 1 nitrogen and oxygen atoms in total. The van der Waals surface area contributed by atoms with Gasteiger partial charge < -0.3 is 4.90 Å². The summed E-state index contributed by atoms with van der Waals surface area (Å²) in [6.45, 7) is 9.29. The van der Waals surface area contributed by atoms with Crippen LogP contribution in [0.3, 0.4) is 0 Å². The Labute approximate surface area is 250 Å². The molecule has 1 heteroatoms. The third-order valence-electron chi connectivity index (χ3n) is 9.39. The molecular formula is C41H37N. The monoisotopic (exact) mass is 543 g/mol. The summed E-state index contributed by atoms with van der Waals surface area (Å²) >= 11 is 0. The average Bonchev–Trinajstić information content (AvgIpc) is 3.02. The predicted molar refractivity (Wildman–Crippen MR) is 179 cm³/mol. The molecule has 0 fully saturated rings. The van der Waals surface area contributed by atoms with Crippen molar-refractivity contribution in [3.8, 4) is 0 Å². The second-order valence-corrected chi connectivity index (χ2v) is 12.6. The van der Waals surface area contributed by atoms with E-state index < -0.39 is 0 Å². The minimum atomic E-state index is -0.0134. The molecule has 42 heavy (non-hydrogen) atoms. The highest BCUT2D eigenvalue weighted by atomic mass is 15.2. The minimum absolute atomic E-state index is 0.0134.